The average molecular weight is 406 g/mol. The molecule has 1 aliphatic rings. The van der Waals surface area contributed by atoms with Gasteiger partial charge in [0.05, 0.1) is 11.9 Å². The van der Waals surface area contributed by atoms with Crippen molar-refractivity contribution in [3.8, 4) is 11.3 Å². The van der Waals surface area contributed by atoms with Crippen LogP contribution in [0, 0.1) is 0 Å². The SMILES string of the molecule is CN1CCCN(Cc2ccc(C=NNc3nc(-c4ccccc4)cs3)cc2)CC1. The first-order valence-electron chi connectivity index (χ1n) is 10.1. The van der Waals surface area contributed by atoms with Gasteiger partial charge in [0.1, 0.15) is 0 Å². The number of hydrazone groups is 1. The molecule has 1 aliphatic heterocycles. The van der Waals surface area contributed by atoms with Crippen molar-refractivity contribution in [3.63, 3.8) is 0 Å². The van der Waals surface area contributed by atoms with E-state index < -0.39 is 0 Å². The van der Waals surface area contributed by atoms with Crippen molar-refractivity contribution in [1.82, 2.24) is 14.8 Å². The quantitative estimate of drug-likeness (QED) is 0.488. The Labute approximate surface area is 176 Å². The minimum atomic E-state index is 0.794. The first kappa shape index (κ1) is 19.8. The molecule has 0 saturated carbocycles. The van der Waals surface area contributed by atoms with Crippen molar-refractivity contribution in [1.29, 1.82) is 0 Å². The molecular formula is C23H27N5S. The molecule has 4 rings (SSSR count). The van der Waals surface area contributed by atoms with E-state index in [9.17, 15) is 0 Å². The van der Waals surface area contributed by atoms with E-state index in [-0.39, 0.29) is 0 Å². The molecule has 1 N–H and O–H groups in total. The number of hydrogen-bond donors (Lipinski definition) is 1. The number of likely N-dealkylation sites (N-methyl/N-ethyl adjacent to an activating group) is 1. The van der Waals surface area contributed by atoms with Gasteiger partial charge in [-0.3, -0.25) is 10.3 Å². The Hall–Kier alpha value is -2.54. The number of nitrogens with zero attached hydrogens (tertiary/aromatic N) is 4. The Balaban J connectivity index is 1.30. The van der Waals surface area contributed by atoms with Crippen molar-refractivity contribution in [2.75, 3.05) is 38.7 Å². The first-order chi connectivity index (χ1) is 14.3. The Bertz CT molecular complexity index is 920. The smallest absolute Gasteiger partial charge is 0.203 e. The van der Waals surface area contributed by atoms with Crippen molar-refractivity contribution in [2.24, 2.45) is 5.10 Å². The summed E-state index contributed by atoms with van der Waals surface area (Å²) in [5.74, 6) is 0. The number of nitrogens with one attached hydrogen (secondary N) is 1. The highest BCUT2D eigenvalue weighted by molar-refractivity contribution is 7.14. The van der Waals surface area contributed by atoms with Gasteiger partial charge in [0.2, 0.25) is 5.13 Å². The van der Waals surface area contributed by atoms with Gasteiger partial charge in [-0.25, -0.2) is 4.98 Å². The van der Waals surface area contributed by atoms with Crippen molar-refractivity contribution in [3.05, 3.63) is 71.1 Å². The molecule has 6 heteroatoms. The van der Waals surface area contributed by atoms with Crippen LogP contribution in [0.2, 0.25) is 0 Å². The number of anilines is 1. The normalized spacial score (nSPS) is 16.2. The van der Waals surface area contributed by atoms with Crippen molar-refractivity contribution in [2.45, 2.75) is 13.0 Å². The molecule has 3 aromatic rings. The third-order valence-corrected chi connectivity index (χ3v) is 5.89. The molecule has 2 heterocycles. The Morgan fingerprint density at radius 1 is 1.03 bits per heavy atom. The van der Waals surface area contributed by atoms with Crippen LogP contribution in [0.5, 0.6) is 0 Å². The van der Waals surface area contributed by atoms with Gasteiger partial charge in [-0.15, -0.1) is 11.3 Å². The van der Waals surface area contributed by atoms with E-state index in [1.54, 1.807) is 11.3 Å². The average Bonchev–Trinajstić information content (AvgIpc) is 3.13. The number of rotatable bonds is 6. The van der Waals surface area contributed by atoms with Crippen molar-refractivity contribution < 1.29 is 0 Å². The van der Waals surface area contributed by atoms with E-state index in [1.807, 2.05) is 29.8 Å². The zero-order chi connectivity index (χ0) is 19.9. The molecule has 5 nitrogen and oxygen atoms in total. The zero-order valence-electron chi connectivity index (χ0n) is 16.8. The van der Waals surface area contributed by atoms with Gasteiger partial charge in [-0.05, 0) is 37.7 Å². The maximum absolute atomic E-state index is 4.59. The van der Waals surface area contributed by atoms with Crippen LogP contribution < -0.4 is 5.43 Å². The summed E-state index contributed by atoms with van der Waals surface area (Å²) in [7, 11) is 2.21. The molecule has 0 atom stereocenters. The lowest BCUT2D eigenvalue weighted by atomic mass is 10.1. The van der Waals surface area contributed by atoms with Crippen LogP contribution in [0.15, 0.2) is 65.1 Å². The van der Waals surface area contributed by atoms with Gasteiger partial charge >= 0.3 is 0 Å². The molecule has 150 valence electrons. The number of hydrogen-bond acceptors (Lipinski definition) is 6. The van der Waals surface area contributed by atoms with E-state index in [4.69, 9.17) is 0 Å². The van der Waals surface area contributed by atoms with E-state index >= 15 is 0 Å². The molecule has 1 saturated heterocycles. The highest BCUT2D eigenvalue weighted by Crippen LogP contribution is 2.24. The summed E-state index contributed by atoms with van der Waals surface area (Å²) in [6, 6.07) is 18.8. The fourth-order valence-electron chi connectivity index (χ4n) is 3.45. The van der Waals surface area contributed by atoms with Gasteiger partial charge in [-0.2, -0.15) is 5.10 Å². The monoisotopic (exact) mass is 405 g/mol. The van der Waals surface area contributed by atoms with Gasteiger partial charge in [-0.1, -0.05) is 54.6 Å². The number of thiazole rings is 1. The molecule has 1 fully saturated rings. The fraction of sp³-hybridized carbons (Fsp3) is 0.304. The number of benzene rings is 2. The zero-order valence-corrected chi connectivity index (χ0v) is 17.6. The molecule has 1 aromatic heterocycles. The Morgan fingerprint density at radius 3 is 2.69 bits per heavy atom. The molecule has 0 bridgehead atoms. The van der Waals surface area contributed by atoms with E-state index in [0.29, 0.717) is 0 Å². The van der Waals surface area contributed by atoms with Crippen LogP contribution in [0.3, 0.4) is 0 Å². The summed E-state index contributed by atoms with van der Waals surface area (Å²) in [6.07, 6.45) is 3.09. The maximum Gasteiger partial charge on any atom is 0.203 e. The molecule has 0 radical (unpaired) electrons. The predicted octanol–water partition coefficient (Wildman–Crippen LogP) is 4.39. The third-order valence-electron chi connectivity index (χ3n) is 5.15. The lowest BCUT2D eigenvalue weighted by molar-refractivity contribution is 0.269. The molecule has 29 heavy (non-hydrogen) atoms. The van der Waals surface area contributed by atoms with E-state index in [1.165, 1.54) is 25.1 Å². The molecule has 2 aromatic carbocycles. The molecule has 0 amide bonds. The minimum Gasteiger partial charge on any atom is -0.305 e. The second-order valence-electron chi connectivity index (χ2n) is 7.45. The first-order valence-corrected chi connectivity index (χ1v) is 10.9. The minimum absolute atomic E-state index is 0.794. The summed E-state index contributed by atoms with van der Waals surface area (Å²) in [6.45, 7) is 5.69. The number of aromatic nitrogens is 1. The van der Waals surface area contributed by atoms with Crippen molar-refractivity contribution >= 4 is 22.7 Å². The van der Waals surface area contributed by atoms with Crippen LogP contribution in [0.1, 0.15) is 17.5 Å². The van der Waals surface area contributed by atoms with E-state index in [0.717, 1.165) is 41.6 Å². The van der Waals surface area contributed by atoms with Gasteiger partial charge < -0.3 is 4.90 Å². The predicted molar refractivity (Wildman–Crippen MR) is 123 cm³/mol. The van der Waals surface area contributed by atoms with Crippen LogP contribution in [0.25, 0.3) is 11.3 Å². The Kier molecular flexibility index (Phi) is 6.67. The second-order valence-corrected chi connectivity index (χ2v) is 8.31. The van der Waals surface area contributed by atoms with Gasteiger partial charge in [0.15, 0.2) is 0 Å². The van der Waals surface area contributed by atoms with E-state index in [2.05, 4.69) is 68.8 Å². The highest BCUT2D eigenvalue weighted by Gasteiger charge is 2.12. The standard InChI is InChI=1S/C23H27N5S/c1-27-12-5-13-28(15-14-27)17-20-10-8-19(9-11-20)16-24-26-23-25-22(18-29-23)21-6-3-2-4-7-21/h2-4,6-11,16,18H,5,12-15,17H2,1H3,(H,25,26). The van der Waals surface area contributed by atoms with Gasteiger partial charge in [0, 0.05) is 30.6 Å². The summed E-state index contributed by atoms with van der Waals surface area (Å²) in [4.78, 5) is 9.55. The molecule has 0 spiro atoms. The summed E-state index contributed by atoms with van der Waals surface area (Å²) >= 11 is 1.56. The van der Waals surface area contributed by atoms with Gasteiger partial charge in [0.25, 0.3) is 0 Å². The third kappa shape index (κ3) is 5.73. The summed E-state index contributed by atoms with van der Waals surface area (Å²) < 4.78 is 0. The van der Waals surface area contributed by atoms with Crippen LogP contribution in [-0.4, -0.2) is 54.2 Å². The van der Waals surface area contributed by atoms with Crippen LogP contribution >= 0.6 is 11.3 Å². The summed E-state index contributed by atoms with van der Waals surface area (Å²) in [5.41, 5.74) is 7.56. The fourth-order valence-corrected chi connectivity index (χ4v) is 4.12. The van der Waals surface area contributed by atoms with Crippen LogP contribution in [0.4, 0.5) is 5.13 Å². The lowest BCUT2D eigenvalue weighted by Gasteiger charge is -2.20. The summed E-state index contributed by atoms with van der Waals surface area (Å²) in [5, 5.41) is 7.18. The highest BCUT2D eigenvalue weighted by atomic mass is 32.1. The maximum atomic E-state index is 4.59. The molecule has 0 aliphatic carbocycles. The molecule has 0 unspecified atom stereocenters. The largest absolute Gasteiger partial charge is 0.305 e. The van der Waals surface area contributed by atoms with Crippen LogP contribution in [-0.2, 0) is 6.54 Å². The molecular weight excluding hydrogens is 378 g/mol. The lowest BCUT2D eigenvalue weighted by Crippen LogP contribution is -2.28. The Morgan fingerprint density at radius 2 is 1.86 bits per heavy atom. The second kappa shape index (κ2) is 9.78. The topological polar surface area (TPSA) is 43.8 Å².